The summed E-state index contributed by atoms with van der Waals surface area (Å²) in [5.74, 6) is 0.923. The van der Waals surface area contributed by atoms with Crippen LogP contribution in [-0.2, 0) is 0 Å². The van der Waals surface area contributed by atoms with Crippen LogP contribution in [0.2, 0.25) is 0 Å². The van der Waals surface area contributed by atoms with E-state index in [1.165, 1.54) is 22.3 Å². The molecule has 0 bridgehead atoms. The molecule has 112 valence electrons. The molecule has 0 aliphatic carbocycles. The third-order valence-corrected chi connectivity index (χ3v) is 3.82. The summed E-state index contributed by atoms with van der Waals surface area (Å²) < 4.78 is 5.94. The van der Waals surface area contributed by atoms with Gasteiger partial charge in [0.1, 0.15) is 12.4 Å². The summed E-state index contributed by atoms with van der Waals surface area (Å²) in [5, 5.41) is 3.50. The molecule has 1 atom stereocenters. The molecule has 0 heterocycles. The van der Waals surface area contributed by atoms with Crippen molar-refractivity contribution in [2.24, 2.45) is 0 Å². The number of benzene rings is 2. The molecule has 0 saturated carbocycles. The number of hydrogen-bond donors (Lipinski definition) is 1. The molecule has 2 aromatic rings. The molecule has 0 aliphatic rings. The van der Waals surface area contributed by atoms with Gasteiger partial charge >= 0.3 is 0 Å². The second-order valence-corrected chi connectivity index (χ2v) is 5.58. The quantitative estimate of drug-likeness (QED) is 0.851. The Labute approximate surface area is 128 Å². The number of nitrogens with one attached hydrogen (secondary N) is 1. The lowest BCUT2D eigenvalue weighted by Gasteiger charge is -2.20. The van der Waals surface area contributed by atoms with E-state index in [9.17, 15) is 0 Å². The maximum atomic E-state index is 5.94. The van der Waals surface area contributed by atoms with E-state index in [4.69, 9.17) is 4.74 Å². The summed E-state index contributed by atoms with van der Waals surface area (Å²) in [7, 11) is 0. The van der Waals surface area contributed by atoms with E-state index in [0.717, 1.165) is 12.3 Å². The standard InChI is InChI=1S/C19H25NO/c1-5-20-19(17-9-8-15(3)16(4)12-17)13-21-18-10-6-14(2)7-11-18/h6-12,19-20H,5,13H2,1-4H3. The zero-order valence-electron chi connectivity index (χ0n) is 13.4. The Balaban J connectivity index is 2.07. The first-order chi connectivity index (χ1) is 10.1. The van der Waals surface area contributed by atoms with Crippen LogP contribution < -0.4 is 10.1 Å². The molecule has 0 fully saturated rings. The summed E-state index contributed by atoms with van der Waals surface area (Å²) in [6, 6.07) is 15.0. The van der Waals surface area contributed by atoms with E-state index < -0.39 is 0 Å². The molecule has 1 N–H and O–H groups in total. The van der Waals surface area contributed by atoms with Gasteiger partial charge in [0.25, 0.3) is 0 Å². The minimum Gasteiger partial charge on any atom is -0.492 e. The van der Waals surface area contributed by atoms with Crippen molar-refractivity contribution in [2.75, 3.05) is 13.2 Å². The van der Waals surface area contributed by atoms with Crippen molar-refractivity contribution in [1.82, 2.24) is 5.32 Å². The van der Waals surface area contributed by atoms with Crippen LogP contribution in [0.1, 0.15) is 35.2 Å². The van der Waals surface area contributed by atoms with Gasteiger partial charge in [-0.05, 0) is 56.1 Å². The Hall–Kier alpha value is -1.80. The van der Waals surface area contributed by atoms with Gasteiger partial charge in [0.2, 0.25) is 0 Å². The van der Waals surface area contributed by atoms with Crippen molar-refractivity contribution >= 4 is 0 Å². The fourth-order valence-electron chi connectivity index (χ4n) is 2.31. The van der Waals surface area contributed by atoms with Crippen LogP contribution in [0.25, 0.3) is 0 Å². The maximum Gasteiger partial charge on any atom is 0.119 e. The molecule has 0 aromatic heterocycles. The average Bonchev–Trinajstić information content (AvgIpc) is 2.48. The third-order valence-electron chi connectivity index (χ3n) is 3.82. The van der Waals surface area contributed by atoms with Gasteiger partial charge < -0.3 is 10.1 Å². The van der Waals surface area contributed by atoms with Gasteiger partial charge in [-0.25, -0.2) is 0 Å². The summed E-state index contributed by atoms with van der Waals surface area (Å²) in [6.45, 7) is 10.1. The molecule has 0 aliphatic heterocycles. The highest BCUT2D eigenvalue weighted by molar-refractivity contribution is 5.32. The first kappa shape index (κ1) is 15.6. The van der Waals surface area contributed by atoms with Crippen molar-refractivity contribution in [3.8, 4) is 5.75 Å². The molecule has 0 saturated heterocycles. The lowest BCUT2D eigenvalue weighted by Crippen LogP contribution is -2.26. The van der Waals surface area contributed by atoms with Crippen molar-refractivity contribution in [2.45, 2.75) is 33.7 Å². The predicted octanol–water partition coefficient (Wildman–Crippen LogP) is 4.34. The average molecular weight is 283 g/mol. The molecule has 2 nitrogen and oxygen atoms in total. The number of aryl methyl sites for hydroxylation is 3. The van der Waals surface area contributed by atoms with E-state index in [0.29, 0.717) is 6.61 Å². The highest BCUT2D eigenvalue weighted by Gasteiger charge is 2.12. The van der Waals surface area contributed by atoms with Crippen LogP contribution in [0.15, 0.2) is 42.5 Å². The summed E-state index contributed by atoms with van der Waals surface area (Å²) in [4.78, 5) is 0. The van der Waals surface area contributed by atoms with Gasteiger partial charge in [-0.2, -0.15) is 0 Å². The molecule has 0 radical (unpaired) electrons. The van der Waals surface area contributed by atoms with Crippen molar-refractivity contribution in [3.63, 3.8) is 0 Å². The Bertz CT molecular complexity index is 575. The largest absolute Gasteiger partial charge is 0.492 e. The molecule has 0 spiro atoms. The zero-order chi connectivity index (χ0) is 15.2. The topological polar surface area (TPSA) is 21.3 Å². The Kier molecular flexibility index (Phi) is 5.40. The minimum absolute atomic E-state index is 0.218. The number of rotatable bonds is 6. The van der Waals surface area contributed by atoms with E-state index in [1.807, 2.05) is 12.1 Å². The maximum absolute atomic E-state index is 5.94. The van der Waals surface area contributed by atoms with Gasteiger partial charge in [-0.15, -0.1) is 0 Å². The second kappa shape index (κ2) is 7.28. The molecular weight excluding hydrogens is 258 g/mol. The van der Waals surface area contributed by atoms with Gasteiger partial charge in [-0.1, -0.05) is 42.8 Å². The van der Waals surface area contributed by atoms with E-state index in [1.54, 1.807) is 0 Å². The molecule has 1 unspecified atom stereocenters. The van der Waals surface area contributed by atoms with Crippen LogP contribution in [0, 0.1) is 20.8 Å². The predicted molar refractivity (Wildman–Crippen MR) is 89.0 cm³/mol. The monoisotopic (exact) mass is 283 g/mol. The van der Waals surface area contributed by atoms with E-state index in [2.05, 4.69) is 63.3 Å². The first-order valence-corrected chi connectivity index (χ1v) is 7.60. The van der Waals surface area contributed by atoms with Crippen LogP contribution in [0.4, 0.5) is 0 Å². The first-order valence-electron chi connectivity index (χ1n) is 7.60. The molecule has 2 rings (SSSR count). The number of likely N-dealkylation sites (N-methyl/N-ethyl adjacent to an activating group) is 1. The summed E-state index contributed by atoms with van der Waals surface area (Å²) in [6.07, 6.45) is 0. The summed E-state index contributed by atoms with van der Waals surface area (Å²) >= 11 is 0. The minimum atomic E-state index is 0.218. The molecule has 0 amide bonds. The number of hydrogen-bond acceptors (Lipinski definition) is 2. The third kappa shape index (κ3) is 4.33. The second-order valence-electron chi connectivity index (χ2n) is 5.58. The Morgan fingerprint density at radius 3 is 2.29 bits per heavy atom. The van der Waals surface area contributed by atoms with Crippen molar-refractivity contribution < 1.29 is 4.74 Å². The SMILES string of the molecule is CCNC(COc1ccc(C)cc1)c1ccc(C)c(C)c1. The van der Waals surface area contributed by atoms with Crippen LogP contribution in [-0.4, -0.2) is 13.2 Å². The van der Waals surface area contributed by atoms with Gasteiger partial charge in [0, 0.05) is 0 Å². The Morgan fingerprint density at radius 2 is 1.67 bits per heavy atom. The fraction of sp³-hybridized carbons (Fsp3) is 0.368. The lowest BCUT2D eigenvalue weighted by molar-refractivity contribution is 0.268. The van der Waals surface area contributed by atoms with Crippen LogP contribution in [0.5, 0.6) is 5.75 Å². The van der Waals surface area contributed by atoms with Crippen molar-refractivity contribution in [3.05, 3.63) is 64.7 Å². The van der Waals surface area contributed by atoms with Crippen LogP contribution >= 0.6 is 0 Å². The van der Waals surface area contributed by atoms with E-state index >= 15 is 0 Å². The zero-order valence-corrected chi connectivity index (χ0v) is 13.4. The normalized spacial score (nSPS) is 12.2. The molecule has 2 aromatic carbocycles. The number of ether oxygens (including phenoxy) is 1. The fourth-order valence-corrected chi connectivity index (χ4v) is 2.31. The molecule has 2 heteroatoms. The van der Waals surface area contributed by atoms with Gasteiger partial charge in [-0.3, -0.25) is 0 Å². The van der Waals surface area contributed by atoms with Crippen molar-refractivity contribution in [1.29, 1.82) is 0 Å². The molecule has 21 heavy (non-hydrogen) atoms. The van der Waals surface area contributed by atoms with Gasteiger partial charge in [0.15, 0.2) is 0 Å². The van der Waals surface area contributed by atoms with E-state index in [-0.39, 0.29) is 6.04 Å². The highest BCUT2D eigenvalue weighted by Crippen LogP contribution is 2.19. The Morgan fingerprint density at radius 1 is 0.952 bits per heavy atom. The van der Waals surface area contributed by atoms with Crippen LogP contribution in [0.3, 0.4) is 0 Å². The van der Waals surface area contributed by atoms with Gasteiger partial charge in [0.05, 0.1) is 6.04 Å². The lowest BCUT2D eigenvalue weighted by atomic mass is 10.0. The highest BCUT2D eigenvalue weighted by atomic mass is 16.5. The summed E-state index contributed by atoms with van der Waals surface area (Å²) in [5.41, 5.74) is 5.19. The smallest absolute Gasteiger partial charge is 0.119 e. The molecular formula is C19H25NO.